The normalized spacial score (nSPS) is 16.5. The Bertz CT molecular complexity index is 132. The monoisotopic (exact) mass is 174 g/mol. The molecular weight excluding hydrogens is 160 g/mol. The average Bonchev–Trinajstić information content (AvgIpc) is 2.81. The van der Waals surface area contributed by atoms with Gasteiger partial charge < -0.3 is 4.74 Å². The maximum atomic E-state index is 10.6. The summed E-state index contributed by atoms with van der Waals surface area (Å²) in [5.41, 5.74) is 0. The first-order valence-corrected chi connectivity index (χ1v) is 5.13. The lowest BCUT2D eigenvalue weighted by atomic mass is 10.5. The van der Waals surface area contributed by atoms with Crippen LogP contribution < -0.4 is 0 Å². The van der Waals surface area contributed by atoms with Gasteiger partial charge in [-0.3, -0.25) is 4.79 Å². The molecule has 0 saturated heterocycles. The fourth-order valence-corrected chi connectivity index (χ4v) is 1.94. The standard InChI is InChI=1S/C8H14O2S/c1-10-8(9)4-5-11-6-7-2-3-7/h7H,2-6H2,1H3. The van der Waals surface area contributed by atoms with E-state index < -0.39 is 0 Å². The molecule has 0 heterocycles. The van der Waals surface area contributed by atoms with Gasteiger partial charge in [-0.1, -0.05) is 0 Å². The topological polar surface area (TPSA) is 26.3 Å². The lowest BCUT2D eigenvalue weighted by Crippen LogP contribution is -2.01. The van der Waals surface area contributed by atoms with Crippen molar-refractivity contribution in [2.24, 2.45) is 5.92 Å². The molecule has 0 radical (unpaired) electrons. The number of hydrogen-bond acceptors (Lipinski definition) is 3. The van der Waals surface area contributed by atoms with Gasteiger partial charge >= 0.3 is 5.97 Å². The highest BCUT2D eigenvalue weighted by Gasteiger charge is 2.20. The molecule has 0 atom stereocenters. The first kappa shape index (κ1) is 8.91. The third kappa shape index (κ3) is 4.30. The zero-order chi connectivity index (χ0) is 8.10. The largest absolute Gasteiger partial charge is 0.469 e. The number of esters is 1. The van der Waals surface area contributed by atoms with Crippen LogP contribution in [0.15, 0.2) is 0 Å². The summed E-state index contributed by atoms with van der Waals surface area (Å²) in [6, 6.07) is 0. The predicted octanol–water partition coefficient (Wildman–Crippen LogP) is 1.69. The summed E-state index contributed by atoms with van der Waals surface area (Å²) in [5.74, 6) is 3.02. The van der Waals surface area contributed by atoms with Gasteiger partial charge in [0.25, 0.3) is 0 Å². The number of carbonyl (C=O) groups is 1. The molecule has 3 heteroatoms. The predicted molar refractivity (Wildman–Crippen MR) is 46.7 cm³/mol. The molecule has 0 amide bonds. The summed E-state index contributed by atoms with van der Waals surface area (Å²) in [6.07, 6.45) is 3.35. The Morgan fingerprint density at radius 3 is 2.91 bits per heavy atom. The summed E-state index contributed by atoms with van der Waals surface area (Å²) in [7, 11) is 1.44. The molecule has 0 spiro atoms. The van der Waals surface area contributed by atoms with Gasteiger partial charge in [-0.05, 0) is 24.5 Å². The van der Waals surface area contributed by atoms with E-state index >= 15 is 0 Å². The van der Waals surface area contributed by atoms with Crippen LogP contribution in [-0.4, -0.2) is 24.6 Å². The van der Waals surface area contributed by atoms with Gasteiger partial charge in [0.05, 0.1) is 13.5 Å². The van der Waals surface area contributed by atoms with E-state index in [9.17, 15) is 4.79 Å². The quantitative estimate of drug-likeness (QED) is 0.468. The Kier molecular flexibility index (Phi) is 3.77. The highest BCUT2D eigenvalue weighted by molar-refractivity contribution is 7.99. The summed E-state index contributed by atoms with van der Waals surface area (Å²) in [6.45, 7) is 0. The molecule has 11 heavy (non-hydrogen) atoms. The number of hydrogen-bond donors (Lipinski definition) is 0. The molecule has 1 fully saturated rings. The van der Waals surface area contributed by atoms with Crippen LogP contribution in [0, 0.1) is 5.92 Å². The Labute approximate surface area is 71.7 Å². The van der Waals surface area contributed by atoms with Crippen LogP contribution in [0.1, 0.15) is 19.3 Å². The molecule has 0 aromatic rings. The van der Waals surface area contributed by atoms with Crippen molar-refractivity contribution >= 4 is 17.7 Å². The van der Waals surface area contributed by atoms with Gasteiger partial charge in [0, 0.05) is 5.75 Å². The van der Waals surface area contributed by atoms with Crippen molar-refractivity contribution in [3.05, 3.63) is 0 Å². The zero-order valence-corrected chi connectivity index (χ0v) is 7.65. The summed E-state index contributed by atoms with van der Waals surface area (Å²) in [4.78, 5) is 10.6. The fraction of sp³-hybridized carbons (Fsp3) is 0.875. The van der Waals surface area contributed by atoms with Gasteiger partial charge in [-0.15, -0.1) is 0 Å². The molecule has 0 bridgehead atoms. The summed E-state index contributed by atoms with van der Waals surface area (Å²) < 4.78 is 4.52. The summed E-state index contributed by atoms with van der Waals surface area (Å²) in [5, 5.41) is 0. The molecule has 0 unspecified atom stereocenters. The van der Waals surface area contributed by atoms with Crippen LogP contribution in [0.25, 0.3) is 0 Å². The van der Waals surface area contributed by atoms with Crippen LogP contribution in [0.5, 0.6) is 0 Å². The lowest BCUT2D eigenvalue weighted by Gasteiger charge is -1.98. The smallest absolute Gasteiger partial charge is 0.306 e. The Balaban J connectivity index is 1.82. The van der Waals surface area contributed by atoms with Crippen molar-refractivity contribution in [3.8, 4) is 0 Å². The van der Waals surface area contributed by atoms with Crippen molar-refractivity contribution in [2.45, 2.75) is 19.3 Å². The highest BCUT2D eigenvalue weighted by atomic mass is 32.2. The maximum absolute atomic E-state index is 10.6. The van der Waals surface area contributed by atoms with Crippen molar-refractivity contribution in [1.29, 1.82) is 0 Å². The Hall–Kier alpha value is -0.180. The first-order chi connectivity index (χ1) is 5.33. The van der Waals surface area contributed by atoms with Crippen LogP contribution in [-0.2, 0) is 9.53 Å². The van der Waals surface area contributed by atoms with Gasteiger partial charge in [0.2, 0.25) is 0 Å². The SMILES string of the molecule is COC(=O)CCSCC1CC1. The first-order valence-electron chi connectivity index (χ1n) is 3.97. The van der Waals surface area contributed by atoms with E-state index in [-0.39, 0.29) is 5.97 Å². The number of thioether (sulfide) groups is 1. The third-order valence-electron chi connectivity index (χ3n) is 1.73. The molecular formula is C8H14O2S. The fourth-order valence-electron chi connectivity index (χ4n) is 0.792. The average molecular weight is 174 g/mol. The number of ether oxygens (including phenoxy) is 1. The van der Waals surface area contributed by atoms with E-state index in [1.54, 1.807) is 0 Å². The van der Waals surface area contributed by atoms with Gasteiger partial charge in [-0.2, -0.15) is 11.8 Å². The van der Waals surface area contributed by atoms with Crippen LogP contribution in [0.2, 0.25) is 0 Å². The molecule has 1 saturated carbocycles. The second-order valence-electron chi connectivity index (χ2n) is 2.84. The Morgan fingerprint density at radius 2 is 2.36 bits per heavy atom. The molecule has 64 valence electrons. The van der Waals surface area contributed by atoms with E-state index in [1.165, 1.54) is 25.7 Å². The van der Waals surface area contributed by atoms with Crippen molar-refractivity contribution in [2.75, 3.05) is 18.6 Å². The van der Waals surface area contributed by atoms with E-state index in [0.29, 0.717) is 6.42 Å². The second-order valence-corrected chi connectivity index (χ2v) is 3.99. The van der Waals surface area contributed by atoms with Crippen molar-refractivity contribution in [3.63, 3.8) is 0 Å². The van der Waals surface area contributed by atoms with Crippen molar-refractivity contribution in [1.82, 2.24) is 0 Å². The highest BCUT2D eigenvalue weighted by Crippen LogP contribution is 2.32. The number of rotatable bonds is 5. The van der Waals surface area contributed by atoms with E-state index in [1.807, 2.05) is 11.8 Å². The molecule has 1 rings (SSSR count). The molecule has 1 aliphatic rings. The minimum Gasteiger partial charge on any atom is -0.469 e. The van der Waals surface area contributed by atoms with Gasteiger partial charge in [0.15, 0.2) is 0 Å². The van der Waals surface area contributed by atoms with Crippen LogP contribution >= 0.6 is 11.8 Å². The van der Waals surface area contributed by atoms with Crippen LogP contribution in [0.4, 0.5) is 0 Å². The number of carbonyl (C=O) groups excluding carboxylic acids is 1. The molecule has 1 aliphatic carbocycles. The van der Waals surface area contributed by atoms with Crippen LogP contribution in [0.3, 0.4) is 0 Å². The maximum Gasteiger partial charge on any atom is 0.306 e. The minimum atomic E-state index is -0.0895. The molecule has 0 aliphatic heterocycles. The minimum absolute atomic E-state index is 0.0895. The molecule has 2 nitrogen and oxygen atoms in total. The molecule has 0 N–H and O–H groups in total. The zero-order valence-electron chi connectivity index (χ0n) is 6.84. The van der Waals surface area contributed by atoms with Crippen molar-refractivity contribution < 1.29 is 9.53 Å². The molecule has 0 aromatic heterocycles. The van der Waals surface area contributed by atoms with E-state index in [4.69, 9.17) is 0 Å². The van der Waals surface area contributed by atoms with E-state index in [0.717, 1.165) is 11.7 Å². The van der Waals surface area contributed by atoms with Gasteiger partial charge in [-0.25, -0.2) is 0 Å². The lowest BCUT2D eigenvalue weighted by molar-refractivity contribution is -0.140. The number of methoxy groups -OCH3 is 1. The Morgan fingerprint density at radius 1 is 1.64 bits per heavy atom. The van der Waals surface area contributed by atoms with E-state index in [2.05, 4.69) is 4.74 Å². The second kappa shape index (κ2) is 4.65. The van der Waals surface area contributed by atoms with Gasteiger partial charge in [0.1, 0.15) is 0 Å². The molecule has 0 aromatic carbocycles. The summed E-state index contributed by atoms with van der Waals surface area (Å²) >= 11 is 1.87. The third-order valence-corrected chi connectivity index (χ3v) is 2.93.